The number of aromatic nitrogens is 3. The lowest BCUT2D eigenvalue weighted by molar-refractivity contribution is 0.143. The van der Waals surface area contributed by atoms with Gasteiger partial charge in [0.15, 0.2) is 0 Å². The molecule has 0 saturated heterocycles. The summed E-state index contributed by atoms with van der Waals surface area (Å²) in [5, 5.41) is 12.8. The first-order chi connectivity index (χ1) is 13.3. The minimum absolute atomic E-state index is 0.474. The number of nitrogens with zero attached hydrogens (tertiary/aromatic N) is 4. The second kappa shape index (κ2) is 8.05. The van der Waals surface area contributed by atoms with Gasteiger partial charge < -0.3 is 8.94 Å². The van der Waals surface area contributed by atoms with Crippen molar-refractivity contribution in [3.05, 3.63) is 42.0 Å². The van der Waals surface area contributed by atoms with E-state index in [0.717, 1.165) is 23.4 Å². The molecule has 0 N–H and O–H groups in total. The molecule has 1 aliphatic rings. The number of rotatable bonds is 6. The Bertz CT molecular complexity index is 865. The lowest BCUT2D eigenvalue weighted by atomic mass is 9.94. The summed E-state index contributed by atoms with van der Waals surface area (Å²) in [6, 6.07) is 10.6. The molecule has 0 bridgehead atoms. The molecule has 0 atom stereocenters. The average Bonchev–Trinajstić information content (AvgIpc) is 3.33. The van der Waals surface area contributed by atoms with Crippen LogP contribution in [0.25, 0.3) is 22.7 Å². The second-order valence-electron chi connectivity index (χ2n) is 7.18. The Hall–Kier alpha value is -2.47. The summed E-state index contributed by atoms with van der Waals surface area (Å²) in [4.78, 5) is 2.45. The summed E-state index contributed by atoms with van der Waals surface area (Å²) < 4.78 is 11.5. The second-order valence-corrected chi connectivity index (χ2v) is 7.18. The smallest absolute Gasteiger partial charge is 0.253 e. The molecule has 2 aromatic heterocycles. The molecule has 0 radical (unpaired) electrons. The van der Waals surface area contributed by atoms with Crippen LogP contribution in [0, 0.1) is 6.92 Å². The quantitative estimate of drug-likeness (QED) is 0.621. The largest absolute Gasteiger partial charge is 0.419 e. The Balaban J connectivity index is 1.57. The maximum absolute atomic E-state index is 6.03. The van der Waals surface area contributed by atoms with Crippen molar-refractivity contribution in [3.8, 4) is 22.7 Å². The third kappa shape index (κ3) is 3.81. The van der Waals surface area contributed by atoms with E-state index in [1.54, 1.807) is 0 Å². The van der Waals surface area contributed by atoms with Crippen molar-refractivity contribution in [2.45, 2.75) is 58.5 Å². The predicted octanol–water partition coefficient (Wildman–Crippen LogP) is 4.85. The van der Waals surface area contributed by atoms with Crippen LogP contribution in [0.4, 0.5) is 0 Å². The maximum atomic E-state index is 6.03. The molecule has 1 saturated carbocycles. The van der Waals surface area contributed by atoms with Gasteiger partial charge in [0.2, 0.25) is 5.89 Å². The number of hydrogen-bond donors (Lipinski definition) is 0. The van der Waals surface area contributed by atoms with Gasteiger partial charge in [-0.3, -0.25) is 4.90 Å². The Morgan fingerprint density at radius 1 is 1.07 bits per heavy atom. The van der Waals surface area contributed by atoms with Crippen LogP contribution in [0.15, 0.2) is 39.3 Å². The van der Waals surface area contributed by atoms with E-state index in [2.05, 4.69) is 27.2 Å². The van der Waals surface area contributed by atoms with Gasteiger partial charge in [0.1, 0.15) is 17.0 Å². The highest BCUT2D eigenvalue weighted by Gasteiger charge is 2.24. The Labute approximate surface area is 159 Å². The van der Waals surface area contributed by atoms with E-state index in [9.17, 15) is 0 Å². The summed E-state index contributed by atoms with van der Waals surface area (Å²) in [5.41, 5.74) is 2.49. The lowest BCUT2D eigenvalue weighted by Crippen LogP contribution is -2.36. The minimum atomic E-state index is 0.474. The fraction of sp³-hybridized carbons (Fsp3) is 0.476. The first-order valence-electron chi connectivity index (χ1n) is 9.84. The van der Waals surface area contributed by atoms with Crippen molar-refractivity contribution in [2.75, 3.05) is 6.54 Å². The molecule has 142 valence electrons. The summed E-state index contributed by atoms with van der Waals surface area (Å²) in [5.74, 6) is 1.81. The molecule has 0 aliphatic heterocycles. The molecule has 1 aliphatic carbocycles. The molecular weight excluding hydrogens is 340 g/mol. The van der Waals surface area contributed by atoms with Crippen LogP contribution >= 0.6 is 0 Å². The van der Waals surface area contributed by atoms with Crippen LogP contribution < -0.4 is 0 Å². The topological polar surface area (TPSA) is 68.2 Å². The molecule has 0 amide bonds. The van der Waals surface area contributed by atoms with Crippen LogP contribution in [0.5, 0.6) is 0 Å². The molecule has 0 spiro atoms. The van der Waals surface area contributed by atoms with Crippen molar-refractivity contribution < 1.29 is 8.94 Å². The van der Waals surface area contributed by atoms with Crippen molar-refractivity contribution in [1.82, 2.24) is 20.3 Å². The zero-order chi connectivity index (χ0) is 18.6. The van der Waals surface area contributed by atoms with E-state index in [4.69, 9.17) is 8.94 Å². The fourth-order valence-corrected chi connectivity index (χ4v) is 3.95. The van der Waals surface area contributed by atoms with Gasteiger partial charge >= 0.3 is 0 Å². The molecule has 1 fully saturated rings. The first kappa shape index (κ1) is 17.9. The molecular formula is C21H26N4O2. The van der Waals surface area contributed by atoms with Crippen LogP contribution in [0.1, 0.15) is 50.7 Å². The monoisotopic (exact) mass is 366 g/mol. The Kier molecular flexibility index (Phi) is 5.34. The Morgan fingerprint density at radius 2 is 1.85 bits per heavy atom. The van der Waals surface area contributed by atoms with Gasteiger partial charge in [0.05, 0.1) is 6.54 Å². The molecule has 27 heavy (non-hydrogen) atoms. The van der Waals surface area contributed by atoms with Crippen LogP contribution in [-0.2, 0) is 6.54 Å². The molecule has 6 heteroatoms. The zero-order valence-corrected chi connectivity index (χ0v) is 16.0. The van der Waals surface area contributed by atoms with Gasteiger partial charge in [0, 0.05) is 11.6 Å². The van der Waals surface area contributed by atoms with E-state index in [-0.39, 0.29) is 0 Å². The summed E-state index contributed by atoms with van der Waals surface area (Å²) >= 11 is 0. The molecule has 4 rings (SSSR count). The molecule has 3 aromatic rings. The highest BCUT2D eigenvalue weighted by atomic mass is 16.5. The average molecular weight is 366 g/mol. The standard InChI is InChI=1S/C21H26N4O2/c1-3-25(17-12-8-5-9-13-17)14-18-22-23-21(26-18)19-15(2)27-24-20(19)16-10-6-4-7-11-16/h4,6-7,10-11,17H,3,5,8-9,12-14H2,1-2H3. The number of aryl methyl sites for hydroxylation is 1. The van der Waals surface area contributed by atoms with Gasteiger partial charge in [-0.1, -0.05) is 61.7 Å². The third-order valence-corrected chi connectivity index (χ3v) is 5.43. The van der Waals surface area contributed by atoms with Crippen LogP contribution in [0.2, 0.25) is 0 Å². The Morgan fingerprint density at radius 3 is 2.59 bits per heavy atom. The SMILES string of the molecule is CCN(Cc1nnc(-c2c(-c3ccccc3)noc2C)o1)C1CCCCC1. The number of hydrogen-bond acceptors (Lipinski definition) is 6. The normalized spacial score (nSPS) is 15.5. The highest BCUT2D eigenvalue weighted by Crippen LogP contribution is 2.33. The first-order valence-corrected chi connectivity index (χ1v) is 9.84. The van der Waals surface area contributed by atoms with E-state index >= 15 is 0 Å². The van der Waals surface area contributed by atoms with Crippen molar-refractivity contribution in [1.29, 1.82) is 0 Å². The van der Waals surface area contributed by atoms with E-state index in [1.807, 2.05) is 37.3 Å². The third-order valence-electron chi connectivity index (χ3n) is 5.43. The van der Waals surface area contributed by atoms with Gasteiger partial charge in [0.25, 0.3) is 5.89 Å². The molecule has 2 heterocycles. The predicted molar refractivity (Wildman–Crippen MR) is 103 cm³/mol. The molecule has 0 unspecified atom stereocenters. The highest BCUT2D eigenvalue weighted by molar-refractivity contribution is 5.77. The van der Waals surface area contributed by atoms with Gasteiger partial charge in [-0.2, -0.15) is 0 Å². The van der Waals surface area contributed by atoms with E-state index in [1.165, 1.54) is 32.1 Å². The van der Waals surface area contributed by atoms with Gasteiger partial charge in [-0.15, -0.1) is 10.2 Å². The lowest BCUT2D eigenvalue weighted by Gasteiger charge is -2.32. The van der Waals surface area contributed by atoms with E-state index < -0.39 is 0 Å². The molecule has 6 nitrogen and oxygen atoms in total. The zero-order valence-electron chi connectivity index (χ0n) is 16.0. The summed E-state index contributed by atoms with van der Waals surface area (Å²) in [6.45, 7) is 5.76. The van der Waals surface area contributed by atoms with Gasteiger partial charge in [-0.05, 0) is 26.3 Å². The van der Waals surface area contributed by atoms with Crippen molar-refractivity contribution in [3.63, 3.8) is 0 Å². The van der Waals surface area contributed by atoms with Gasteiger partial charge in [-0.25, -0.2) is 0 Å². The van der Waals surface area contributed by atoms with Crippen LogP contribution in [0.3, 0.4) is 0 Å². The minimum Gasteiger partial charge on any atom is -0.419 e. The summed E-state index contributed by atoms with van der Waals surface area (Å²) in [6.07, 6.45) is 6.51. The summed E-state index contributed by atoms with van der Waals surface area (Å²) in [7, 11) is 0. The van der Waals surface area contributed by atoms with Crippen molar-refractivity contribution >= 4 is 0 Å². The maximum Gasteiger partial charge on any atom is 0.253 e. The van der Waals surface area contributed by atoms with E-state index in [0.29, 0.717) is 30.1 Å². The van der Waals surface area contributed by atoms with Crippen LogP contribution in [-0.4, -0.2) is 32.8 Å². The fourth-order valence-electron chi connectivity index (χ4n) is 3.95. The molecule has 1 aromatic carbocycles. The number of benzene rings is 1. The van der Waals surface area contributed by atoms with Crippen molar-refractivity contribution in [2.24, 2.45) is 0 Å².